The number of alkyl halides is 1. The van der Waals surface area contributed by atoms with Crippen molar-refractivity contribution in [1.29, 1.82) is 5.26 Å². The fourth-order valence-electron chi connectivity index (χ4n) is 5.71. The van der Waals surface area contributed by atoms with Crippen molar-refractivity contribution < 1.29 is 8.78 Å². The first-order chi connectivity index (χ1) is 18.1. The number of tetrazole rings is 1. The Balaban J connectivity index is 1.55. The topological polar surface area (TPSA) is 70.6 Å². The predicted molar refractivity (Wildman–Crippen MR) is 141 cm³/mol. The molecule has 2 heterocycles. The van der Waals surface area contributed by atoms with Crippen molar-refractivity contribution in [2.45, 2.75) is 38.0 Å². The minimum Gasteiger partial charge on any atom is -0.291 e. The van der Waals surface area contributed by atoms with Crippen molar-refractivity contribution in [1.82, 2.24) is 25.1 Å². The summed E-state index contributed by atoms with van der Waals surface area (Å²) in [6.07, 6.45) is 0. The highest BCUT2D eigenvalue weighted by molar-refractivity contribution is 6.30. The Hall–Kier alpha value is -3.67. The van der Waals surface area contributed by atoms with Gasteiger partial charge in [-0.15, -0.1) is 5.10 Å². The average molecular weight is 533 g/mol. The summed E-state index contributed by atoms with van der Waals surface area (Å²) >= 11 is 6.18. The first-order valence-electron chi connectivity index (χ1n) is 12.3. The van der Waals surface area contributed by atoms with Crippen LogP contribution in [0.4, 0.5) is 8.78 Å². The maximum atomic E-state index is 16.1. The lowest BCUT2D eigenvalue weighted by Gasteiger charge is -2.54. The lowest BCUT2D eigenvalue weighted by atomic mass is 9.67. The first kappa shape index (κ1) is 26.0. The second kappa shape index (κ2) is 10.2. The molecule has 0 N–H and O–H groups in total. The van der Waals surface area contributed by atoms with Gasteiger partial charge in [-0.25, -0.2) is 13.5 Å². The fraction of sp³-hybridized carbons (Fsp3) is 0.310. The Morgan fingerprint density at radius 3 is 2.55 bits per heavy atom. The number of benzene rings is 3. The van der Waals surface area contributed by atoms with Gasteiger partial charge in [-0.3, -0.25) is 4.90 Å². The predicted octanol–water partition coefficient (Wildman–Crippen LogP) is 6.25. The molecule has 6 nitrogen and oxygen atoms in total. The molecule has 38 heavy (non-hydrogen) atoms. The Bertz CT molecular complexity index is 1490. The summed E-state index contributed by atoms with van der Waals surface area (Å²) in [5.74, 6) is -0.826. The van der Waals surface area contributed by atoms with E-state index in [2.05, 4.69) is 26.5 Å². The minimum atomic E-state index is -1.65. The smallest absolute Gasteiger partial charge is 0.181 e. The molecular formula is C29H27ClF2N6. The van der Waals surface area contributed by atoms with Gasteiger partial charge in [-0.2, -0.15) is 5.26 Å². The van der Waals surface area contributed by atoms with Crippen LogP contribution in [0.5, 0.6) is 0 Å². The summed E-state index contributed by atoms with van der Waals surface area (Å²) in [7, 11) is 1.68. The van der Waals surface area contributed by atoms with Gasteiger partial charge in [0.05, 0.1) is 11.6 Å². The molecule has 1 aliphatic rings. The number of hydrogen-bond acceptors (Lipinski definition) is 5. The van der Waals surface area contributed by atoms with Gasteiger partial charge in [0.25, 0.3) is 0 Å². The molecule has 0 aliphatic carbocycles. The number of aromatic nitrogens is 4. The molecule has 0 spiro atoms. The zero-order valence-corrected chi connectivity index (χ0v) is 22.1. The van der Waals surface area contributed by atoms with Crippen LogP contribution in [0.2, 0.25) is 5.02 Å². The molecular weight excluding hydrogens is 506 g/mol. The third-order valence-corrected chi connectivity index (χ3v) is 7.47. The van der Waals surface area contributed by atoms with E-state index in [1.165, 1.54) is 16.8 Å². The van der Waals surface area contributed by atoms with Crippen molar-refractivity contribution >= 4 is 11.6 Å². The molecule has 1 aromatic heterocycles. The number of nitrogens with zero attached hydrogens (tertiary/aromatic N) is 6. The molecule has 9 heteroatoms. The van der Waals surface area contributed by atoms with Gasteiger partial charge in [0, 0.05) is 48.6 Å². The molecule has 194 valence electrons. The maximum Gasteiger partial charge on any atom is 0.181 e. The number of halogens is 3. The van der Waals surface area contributed by atoms with Crippen LogP contribution in [0.25, 0.3) is 11.4 Å². The van der Waals surface area contributed by atoms with Gasteiger partial charge in [0.1, 0.15) is 11.5 Å². The molecule has 5 rings (SSSR count). The number of likely N-dealkylation sites (tertiary alicyclic amines) is 1. The average Bonchev–Trinajstić information content (AvgIpc) is 3.29. The van der Waals surface area contributed by atoms with E-state index in [0.717, 1.165) is 11.1 Å². The third kappa shape index (κ3) is 5.17. The maximum absolute atomic E-state index is 16.1. The highest BCUT2D eigenvalue weighted by atomic mass is 35.5. The van der Waals surface area contributed by atoms with E-state index in [4.69, 9.17) is 11.6 Å². The number of hydrogen-bond donors (Lipinski definition) is 0. The Labute approximate surface area is 225 Å². The van der Waals surface area contributed by atoms with Crippen molar-refractivity contribution in [3.8, 4) is 17.5 Å². The van der Waals surface area contributed by atoms with Gasteiger partial charge in [0.2, 0.25) is 0 Å². The highest BCUT2D eigenvalue weighted by Crippen LogP contribution is 2.52. The van der Waals surface area contributed by atoms with Crippen molar-refractivity contribution in [2.24, 2.45) is 13.0 Å². The van der Waals surface area contributed by atoms with Crippen LogP contribution in [0.3, 0.4) is 0 Å². The monoisotopic (exact) mass is 532 g/mol. The first-order valence-corrected chi connectivity index (χ1v) is 12.7. The van der Waals surface area contributed by atoms with E-state index >= 15 is 4.39 Å². The molecule has 0 saturated carbocycles. The van der Waals surface area contributed by atoms with Crippen molar-refractivity contribution in [3.05, 3.63) is 99.8 Å². The van der Waals surface area contributed by atoms with Crippen LogP contribution >= 0.6 is 11.6 Å². The second-order valence-corrected chi connectivity index (χ2v) is 10.8. The lowest BCUT2D eigenvalue weighted by Crippen LogP contribution is -2.54. The second-order valence-electron chi connectivity index (χ2n) is 10.3. The van der Waals surface area contributed by atoms with E-state index in [-0.39, 0.29) is 12.0 Å². The standard InChI is InChI=1S/C29H27ClF2N6/c1-29(2,32)26(21-12-22(14-24(31)13-21)28-34-35-36-37(28)3)25-17-38(16-19-6-4-5-18(11-19)15-33)27(25)20-7-9-23(30)10-8-20/h4-14,25-27H,16-17H2,1-3H3. The molecule has 1 aliphatic heterocycles. The minimum absolute atomic E-state index is 0.138. The van der Waals surface area contributed by atoms with Crippen LogP contribution in [-0.2, 0) is 13.6 Å². The summed E-state index contributed by atoms with van der Waals surface area (Å²) in [6, 6.07) is 21.7. The largest absolute Gasteiger partial charge is 0.291 e. The molecule has 0 radical (unpaired) electrons. The van der Waals surface area contributed by atoms with E-state index in [9.17, 15) is 9.65 Å². The number of aryl methyl sites for hydroxylation is 1. The van der Waals surface area contributed by atoms with Crippen LogP contribution in [0.15, 0.2) is 66.7 Å². The Kier molecular flexibility index (Phi) is 6.99. The molecule has 3 aromatic carbocycles. The summed E-state index contributed by atoms with van der Waals surface area (Å²) in [4.78, 5) is 2.26. The summed E-state index contributed by atoms with van der Waals surface area (Å²) in [5, 5.41) is 21.5. The van der Waals surface area contributed by atoms with Crippen molar-refractivity contribution in [2.75, 3.05) is 6.54 Å². The van der Waals surface area contributed by atoms with E-state index in [1.807, 2.05) is 42.5 Å². The van der Waals surface area contributed by atoms with Gasteiger partial charge in [-0.1, -0.05) is 35.9 Å². The normalized spacial score (nSPS) is 18.6. The third-order valence-electron chi connectivity index (χ3n) is 7.22. The zero-order chi connectivity index (χ0) is 27.0. The van der Waals surface area contributed by atoms with Crippen LogP contribution < -0.4 is 0 Å². The lowest BCUT2D eigenvalue weighted by molar-refractivity contribution is -0.0423. The summed E-state index contributed by atoms with van der Waals surface area (Å²) in [5.41, 5.74) is 2.01. The molecule has 0 bridgehead atoms. The van der Waals surface area contributed by atoms with Crippen LogP contribution in [0.1, 0.15) is 48.1 Å². The Morgan fingerprint density at radius 1 is 1.13 bits per heavy atom. The highest BCUT2D eigenvalue weighted by Gasteiger charge is 2.50. The van der Waals surface area contributed by atoms with Gasteiger partial charge in [-0.05, 0) is 83.4 Å². The molecule has 0 amide bonds. The molecule has 1 fully saturated rings. The van der Waals surface area contributed by atoms with Crippen LogP contribution in [0, 0.1) is 23.1 Å². The van der Waals surface area contributed by atoms with Crippen LogP contribution in [-0.4, -0.2) is 37.3 Å². The van der Waals surface area contributed by atoms with Crippen molar-refractivity contribution in [3.63, 3.8) is 0 Å². The summed E-state index contributed by atoms with van der Waals surface area (Å²) < 4.78 is 32.5. The molecule has 3 atom stereocenters. The molecule has 3 unspecified atom stereocenters. The number of nitriles is 1. The SMILES string of the molecule is Cn1nnnc1-c1cc(F)cc(C(C2CN(Cc3cccc(C#N)c3)C2c2ccc(Cl)cc2)C(C)(C)F)c1. The van der Waals surface area contributed by atoms with Gasteiger partial charge >= 0.3 is 0 Å². The van der Waals surface area contributed by atoms with Gasteiger partial charge < -0.3 is 0 Å². The quantitative estimate of drug-likeness (QED) is 0.281. The fourth-order valence-corrected chi connectivity index (χ4v) is 5.83. The molecule has 4 aromatic rings. The molecule has 1 saturated heterocycles. The van der Waals surface area contributed by atoms with E-state index < -0.39 is 17.4 Å². The summed E-state index contributed by atoms with van der Waals surface area (Å²) in [6.45, 7) is 4.28. The van der Waals surface area contributed by atoms with E-state index in [1.54, 1.807) is 33.0 Å². The zero-order valence-electron chi connectivity index (χ0n) is 21.3. The van der Waals surface area contributed by atoms with E-state index in [0.29, 0.717) is 40.6 Å². The van der Waals surface area contributed by atoms with Gasteiger partial charge in [0.15, 0.2) is 5.82 Å². The number of rotatable bonds is 7. The Morgan fingerprint density at radius 2 is 1.89 bits per heavy atom.